The van der Waals surface area contributed by atoms with E-state index in [-0.39, 0.29) is 11.4 Å². The molecule has 0 saturated carbocycles. The van der Waals surface area contributed by atoms with E-state index in [2.05, 4.69) is 27.7 Å². The van der Waals surface area contributed by atoms with E-state index in [4.69, 9.17) is 4.74 Å². The summed E-state index contributed by atoms with van der Waals surface area (Å²) < 4.78 is 5.11. The fourth-order valence-electron chi connectivity index (χ4n) is 2.00. The largest absolute Gasteiger partial charge is 0.462 e. The van der Waals surface area contributed by atoms with Crippen molar-refractivity contribution in [1.82, 2.24) is 0 Å². The predicted octanol–water partition coefficient (Wildman–Crippen LogP) is 3.32. The van der Waals surface area contributed by atoms with Crippen LogP contribution in [0.5, 0.6) is 0 Å². The van der Waals surface area contributed by atoms with E-state index >= 15 is 0 Å². The van der Waals surface area contributed by atoms with Gasteiger partial charge in [0.25, 0.3) is 0 Å². The minimum absolute atomic E-state index is 0.165. The van der Waals surface area contributed by atoms with Crippen molar-refractivity contribution in [2.24, 2.45) is 11.3 Å². The van der Waals surface area contributed by atoms with Gasteiger partial charge in [-0.25, -0.2) is 4.79 Å². The van der Waals surface area contributed by atoms with Gasteiger partial charge in [0.05, 0.1) is 6.61 Å². The van der Waals surface area contributed by atoms with Gasteiger partial charge in [0.2, 0.25) is 0 Å². The molecule has 0 N–H and O–H groups in total. The van der Waals surface area contributed by atoms with Crippen molar-refractivity contribution in [3.05, 3.63) is 11.6 Å². The average molecular weight is 210 g/mol. The fourth-order valence-corrected chi connectivity index (χ4v) is 2.00. The highest BCUT2D eigenvalue weighted by Gasteiger charge is 2.31. The van der Waals surface area contributed by atoms with Crippen molar-refractivity contribution in [1.29, 1.82) is 0 Å². The van der Waals surface area contributed by atoms with Gasteiger partial charge in [-0.15, -0.1) is 0 Å². The molecule has 0 radical (unpaired) electrons. The van der Waals surface area contributed by atoms with E-state index in [1.165, 1.54) is 12.0 Å². The van der Waals surface area contributed by atoms with Crippen LogP contribution in [0.15, 0.2) is 11.6 Å². The van der Waals surface area contributed by atoms with E-state index < -0.39 is 0 Å². The molecule has 86 valence electrons. The molecular weight excluding hydrogens is 188 g/mol. The number of unbranched alkanes of at least 4 members (excludes halogenated alkanes) is 1. The Hall–Kier alpha value is -0.790. The molecule has 0 saturated heterocycles. The van der Waals surface area contributed by atoms with Crippen molar-refractivity contribution in [2.45, 2.75) is 47.0 Å². The summed E-state index contributed by atoms with van der Waals surface area (Å²) in [5.41, 5.74) is 1.46. The molecule has 0 bridgehead atoms. The molecule has 0 fully saturated rings. The molecule has 1 aliphatic heterocycles. The molecule has 0 aromatic rings. The van der Waals surface area contributed by atoms with Gasteiger partial charge in [0.1, 0.15) is 0 Å². The highest BCUT2D eigenvalue weighted by Crippen LogP contribution is 2.36. The first-order chi connectivity index (χ1) is 6.95. The molecule has 0 spiro atoms. The van der Waals surface area contributed by atoms with Crippen molar-refractivity contribution in [3.63, 3.8) is 0 Å². The van der Waals surface area contributed by atoms with Gasteiger partial charge >= 0.3 is 5.97 Å². The van der Waals surface area contributed by atoms with Gasteiger partial charge in [-0.2, -0.15) is 0 Å². The molecule has 15 heavy (non-hydrogen) atoms. The number of rotatable bonds is 3. The van der Waals surface area contributed by atoms with Crippen LogP contribution in [0.4, 0.5) is 0 Å². The summed E-state index contributed by atoms with van der Waals surface area (Å²) >= 11 is 0. The maximum Gasteiger partial charge on any atom is 0.330 e. The third-order valence-corrected chi connectivity index (χ3v) is 3.01. The fraction of sp³-hybridized carbons (Fsp3) is 0.769. The molecular formula is C13H22O2. The van der Waals surface area contributed by atoms with E-state index in [0.717, 1.165) is 12.8 Å². The Labute approximate surface area is 92.7 Å². The van der Waals surface area contributed by atoms with E-state index in [0.29, 0.717) is 12.5 Å². The first kappa shape index (κ1) is 12.3. The number of carbonyl (C=O) groups is 1. The predicted molar refractivity (Wildman–Crippen MR) is 61.5 cm³/mol. The van der Waals surface area contributed by atoms with Crippen molar-refractivity contribution >= 4 is 5.97 Å². The SMILES string of the molecule is CCCCC1=CC(=O)OCC1C(C)(C)C. The number of hydrogen-bond acceptors (Lipinski definition) is 2. The summed E-state index contributed by atoms with van der Waals surface area (Å²) in [6, 6.07) is 0. The number of cyclic esters (lactones) is 1. The van der Waals surface area contributed by atoms with Crippen LogP contribution in [-0.4, -0.2) is 12.6 Å². The third-order valence-electron chi connectivity index (χ3n) is 3.01. The molecule has 0 aromatic heterocycles. The van der Waals surface area contributed by atoms with Crippen LogP contribution in [-0.2, 0) is 9.53 Å². The molecule has 1 heterocycles. The lowest BCUT2D eigenvalue weighted by atomic mass is 9.74. The minimum Gasteiger partial charge on any atom is -0.462 e. The smallest absolute Gasteiger partial charge is 0.330 e. The van der Waals surface area contributed by atoms with Gasteiger partial charge < -0.3 is 4.74 Å². The Morgan fingerprint density at radius 1 is 1.47 bits per heavy atom. The second kappa shape index (κ2) is 4.82. The summed E-state index contributed by atoms with van der Waals surface area (Å²) in [7, 11) is 0. The summed E-state index contributed by atoms with van der Waals surface area (Å²) in [5, 5.41) is 0. The molecule has 2 nitrogen and oxygen atoms in total. The van der Waals surface area contributed by atoms with Gasteiger partial charge in [-0.05, 0) is 18.3 Å². The van der Waals surface area contributed by atoms with Crippen LogP contribution < -0.4 is 0 Å². The summed E-state index contributed by atoms with van der Waals surface area (Å²) in [6.07, 6.45) is 5.07. The van der Waals surface area contributed by atoms with Crippen LogP contribution in [0.1, 0.15) is 47.0 Å². The monoisotopic (exact) mass is 210 g/mol. The molecule has 1 aliphatic rings. The normalized spacial score (nSPS) is 22.3. The van der Waals surface area contributed by atoms with Gasteiger partial charge in [0.15, 0.2) is 0 Å². The Bertz CT molecular complexity index is 258. The lowest BCUT2D eigenvalue weighted by Crippen LogP contribution is -2.31. The molecule has 0 amide bonds. The van der Waals surface area contributed by atoms with Crippen LogP contribution in [0, 0.1) is 11.3 Å². The first-order valence-electron chi connectivity index (χ1n) is 5.82. The Morgan fingerprint density at radius 2 is 2.13 bits per heavy atom. The quantitative estimate of drug-likeness (QED) is 0.668. The van der Waals surface area contributed by atoms with E-state index in [1.54, 1.807) is 6.08 Å². The first-order valence-corrected chi connectivity index (χ1v) is 5.82. The highest BCUT2D eigenvalue weighted by atomic mass is 16.5. The maximum atomic E-state index is 11.2. The van der Waals surface area contributed by atoms with E-state index in [9.17, 15) is 4.79 Å². The second-order valence-corrected chi connectivity index (χ2v) is 5.37. The lowest BCUT2D eigenvalue weighted by Gasteiger charge is -2.34. The molecule has 0 aromatic carbocycles. The summed E-state index contributed by atoms with van der Waals surface area (Å²) in [6.45, 7) is 9.34. The second-order valence-electron chi connectivity index (χ2n) is 5.37. The van der Waals surface area contributed by atoms with Crippen molar-refractivity contribution in [2.75, 3.05) is 6.61 Å². The lowest BCUT2D eigenvalue weighted by molar-refractivity contribution is -0.141. The Balaban J connectivity index is 2.78. The minimum atomic E-state index is -0.165. The zero-order valence-electron chi connectivity index (χ0n) is 10.3. The molecule has 1 unspecified atom stereocenters. The zero-order valence-corrected chi connectivity index (χ0v) is 10.3. The van der Waals surface area contributed by atoms with Gasteiger partial charge in [0, 0.05) is 12.0 Å². The number of esters is 1. The maximum absolute atomic E-state index is 11.2. The number of carbonyl (C=O) groups excluding carboxylic acids is 1. The summed E-state index contributed by atoms with van der Waals surface area (Å²) in [5.74, 6) is 0.225. The molecule has 2 heteroatoms. The summed E-state index contributed by atoms with van der Waals surface area (Å²) in [4.78, 5) is 11.2. The molecule has 1 rings (SSSR count). The van der Waals surface area contributed by atoms with Crippen molar-refractivity contribution in [3.8, 4) is 0 Å². The molecule has 0 aliphatic carbocycles. The van der Waals surface area contributed by atoms with Crippen LogP contribution in [0.25, 0.3) is 0 Å². The standard InChI is InChI=1S/C13H22O2/c1-5-6-7-10-8-12(14)15-9-11(10)13(2,3)4/h8,11H,5-7,9H2,1-4H3. The third kappa shape index (κ3) is 3.37. The number of ether oxygens (including phenoxy) is 1. The number of hydrogen-bond donors (Lipinski definition) is 0. The Kier molecular flexibility index (Phi) is 3.95. The van der Waals surface area contributed by atoms with Crippen molar-refractivity contribution < 1.29 is 9.53 Å². The van der Waals surface area contributed by atoms with Gasteiger partial charge in [-0.3, -0.25) is 0 Å². The van der Waals surface area contributed by atoms with Crippen LogP contribution in [0.2, 0.25) is 0 Å². The van der Waals surface area contributed by atoms with Gasteiger partial charge in [-0.1, -0.05) is 39.7 Å². The average Bonchev–Trinajstić information content (AvgIpc) is 2.12. The van der Waals surface area contributed by atoms with E-state index in [1.807, 2.05) is 0 Å². The molecule has 1 atom stereocenters. The topological polar surface area (TPSA) is 26.3 Å². The Morgan fingerprint density at radius 3 is 2.67 bits per heavy atom. The zero-order chi connectivity index (χ0) is 11.5. The van der Waals surface area contributed by atoms with Crippen LogP contribution >= 0.6 is 0 Å². The van der Waals surface area contributed by atoms with Crippen LogP contribution in [0.3, 0.4) is 0 Å². The highest BCUT2D eigenvalue weighted by molar-refractivity contribution is 5.83.